The Kier molecular flexibility index (Phi) is 6.84. The van der Waals surface area contributed by atoms with Crippen LogP contribution in [-0.2, 0) is 23.9 Å². The van der Waals surface area contributed by atoms with E-state index in [0.717, 1.165) is 6.42 Å². The lowest BCUT2D eigenvalue weighted by Gasteiger charge is -2.28. The number of ether oxygens (including phenoxy) is 2. The second kappa shape index (κ2) is 9.30. The van der Waals surface area contributed by atoms with Gasteiger partial charge in [0.2, 0.25) is 11.8 Å². The van der Waals surface area contributed by atoms with E-state index < -0.39 is 18.5 Å². The molecule has 1 saturated heterocycles. The fraction of sp³-hybridized carbons (Fsp3) is 0.524. The second-order valence-corrected chi connectivity index (χ2v) is 10.7. The van der Waals surface area contributed by atoms with Gasteiger partial charge < -0.3 is 14.8 Å². The Labute approximate surface area is 206 Å². The van der Waals surface area contributed by atoms with Crippen molar-refractivity contribution in [3.05, 3.63) is 23.2 Å². The van der Waals surface area contributed by atoms with Crippen LogP contribution in [0.3, 0.4) is 0 Å². The highest BCUT2D eigenvalue weighted by Gasteiger charge is 2.66. The minimum absolute atomic E-state index is 0.0490. The number of nitrogens with zero attached hydrogens (tertiary/aromatic N) is 1. The van der Waals surface area contributed by atoms with Gasteiger partial charge in [-0.15, -0.1) is 0 Å². The number of anilines is 1. The van der Waals surface area contributed by atoms with E-state index in [2.05, 4.69) is 37.2 Å². The third-order valence-corrected chi connectivity index (χ3v) is 9.86. The Morgan fingerprint density at radius 1 is 1.16 bits per heavy atom. The van der Waals surface area contributed by atoms with Gasteiger partial charge in [0.25, 0.3) is 5.91 Å². The summed E-state index contributed by atoms with van der Waals surface area (Å²) in [4.78, 5) is 51.4. The molecule has 1 aromatic rings. The zero-order valence-electron chi connectivity index (χ0n) is 17.1. The number of amides is 3. The normalized spacial score (nSPS) is 30.4. The monoisotopic (exact) mass is 590 g/mol. The summed E-state index contributed by atoms with van der Waals surface area (Å²) in [5.41, 5.74) is 0.352. The second-order valence-electron chi connectivity index (χ2n) is 8.14. The zero-order valence-corrected chi connectivity index (χ0v) is 21.0. The molecule has 11 heteroatoms. The van der Waals surface area contributed by atoms with E-state index in [9.17, 15) is 19.2 Å². The van der Waals surface area contributed by atoms with Crippen LogP contribution >= 0.6 is 43.5 Å². The van der Waals surface area contributed by atoms with Crippen LogP contribution in [0.15, 0.2) is 18.2 Å². The molecule has 3 amide bonds. The molecular weight excluding hydrogens is 572 g/mol. The van der Waals surface area contributed by atoms with Crippen molar-refractivity contribution in [2.24, 2.45) is 23.7 Å². The van der Waals surface area contributed by atoms with Gasteiger partial charge >= 0.3 is 5.97 Å². The van der Waals surface area contributed by atoms with Crippen molar-refractivity contribution in [2.45, 2.75) is 22.5 Å². The molecular formula is C21H21Br2ClN2O6. The number of hydrogen-bond donors (Lipinski definition) is 1. The van der Waals surface area contributed by atoms with Crippen molar-refractivity contribution >= 4 is 72.8 Å². The molecule has 0 unspecified atom stereocenters. The van der Waals surface area contributed by atoms with Crippen LogP contribution in [0.1, 0.15) is 12.8 Å². The predicted molar refractivity (Wildman–Crippen MR) is 123 cm³/mol. The topological polar surface area (TPSA) is 102 Å². The van der Waals surface area contributed by atoms with Gasteiger partial charge in [-0.05, 0) is 36.5 Å². The van der Waals surface area contributed by atoms with Crippen LogP contribution in [0.5, 0.6) is 5.75 Å². The molecule has 3 aliphatic rings. The lowest BCUT2D eigenvalue weighted by atomic mass is 9.81. The molecule has 2 aliphatic carbocycles. The van der Waals surface area contributed by atoms with E-state index in [-0.39, 0.29) is 58.1 Å². The van der Waals surface area contributed by atoms with Gasteiger partial charge in [-0.25, -0.2) is 0 Å². The highest BCUT2D eigenvalue weighted by Crippen LogP contribution is 2.60. The minimum atomic E-state index is -0.671. The Balaban J connectivity index is 1.27. The first-order valence-electron chi connectivity index (χ1n) is 10.1. The maximum absolute atomic E-state index is 12.8. The number of imide groups is 1. The lowest BCUT2D eigenvalue weighted by molar-refractivity contribution is -0.149. The highest BCUT2D eigenvalue weighted by molar-refractivity contribution is 9.12. The Morgan fingerprint density at radius 3 is 2.38 bits per heavy atom. The quantitative estimate of drug-likeness (QED) is 0.297. The number of hydrogen-bond acceptors (Lipinski definition) is 6. The van der Waals surface area contributed by atoms with Crippen molar-refractivity contribution < 1.29 is 28.7 Å². The Bertz CT molecular complexity index is 944. The largest absolute Gasteiger partial charge is 0.495 e. The van der Waals surface area contributed by atoms with Crippen LogP contribution in [0.4, 0.5) is 5.69 Å². The third-order valence-electron chi connectivity index (χ3n) is 6.42. The number of halogens is 3. The van der Waals surface area contributed by atoms with E-state index in [1.807, 2.05) is 0 Å². The summed E-state index contributed by atoms with van der Waals surface area (Å²) >= 11 is 13.2. The molecule has 1 heterocycles. The molecule has 0 aromatic heterocycles. The van der Waals surface area contributed by atoms with Crippen LogP contribution in [0, 0.1) is 23.7 Å². The van der Waals surface area contributed by atoms with Crippen molar-refractivity contribution in [3.63, 3.8) is 0 Å². The van der Waals surface area contributed by atoms with Gasteiger partial charge in [0.05, 0.1) is 31.1 Å². The number of fused-ring (bicyclic) bond motifs is 5. The minimum Gasteiger partial charge on any atom is -0.495 e. The summed E-state index contributed by atoms with van der Waals surface area (Å²) in [7, 11) is 1.45. The molecule has 0 spiro atoms. The zero-order chi connectivity index (χ0) is 23.2. The number of methoxy groups -OCH3 is 1. The van der Waals surface area contributed by atoms with Gasteiger partial charge in [-0.1, -0.05) is 43.5 Å². The number of carbonyl (C=O) groups is 4. The smallest absolute Gasteiger partial charge is 0.308 e. The van der Waals surface area contributed by atoms with E-state index >= 15 is 0 Å². The predicted octanol–water partition coefficient (Wildman–Crippen LogP) is 3.00. The highest BCUT2D eigenvalue weighted by atomic mass is 79.9. The molecule has 2 saturated carbocycles. The molecule has 3 fully saturated rings. The first-order valence-corrected chi connectivity index (χ1v) is 12.4. The molecule has 4 rings (SSSR count). The van der Waals surface area contributed by atoms with E-state index in [0.29, 0.717) is 16.5 Å². The van der Waals surface area contributed by atoms with Gasteiger partial charge in [-0.2, -0.15) is 0 Å². The fourth-order valence-electron chi connectivity index (χ4n) is 5.02. The summed E-state index contributed by atoms with van der Waals surface area (Å²) < 4.78 is 10.2. The van der Waals surface area contributed by atoms with Gasteiger partial charge in [0, 0.05) is 21.2 Å². The number of likely N-dealkylation sites (tertiary alicyclic amines) is 1. The standard InChI is InChI=1S/C21H21Br2ClN2O6/c1-31-13-3-2-9(24)6-12(13)25-14(27)8-32-15(28)4-5-26-20(29)16-10-7-11(17(16)21(26)30)19(23)18(10)22/h2-3,6,10-11,16-19H,4-5,7-8H2,1H3,(H,25,27)/t10-,11-,16-,17-,18-,19+/m1/s1. The summed E-state index contributed by atoms with van der Waals surface area (Å²) in [5.74, 6) is -1.65. The molecule has 32 heavy (non-hydrogen) atoms. The Hall–Kier alpha value is -1.65. The summed E-state index contributed by atoms with van der Waals surface area (Å²) in [5, 5.41) is 2.98. The molecule has 172 valence electrons. The van der Waals surface area contributed by atoms with Crippen molar-refractivity contribution in [1.82, 2.24) is 4.90 Å². The summed E-state index contributed by atoms with van der Waals surface area (Å²) in [6.07, 6.45) is 0.677. The third kappa shape index (κ3) is 4.17. The number of esters is 1. The average Bonchev–Trinajstić information content (AvgIpc) is 3.36. The molecule has 0 radical (unpaired) electrons. The molecule has 1 N–H and O–H groups in total. The molecule has 2 bridgehead atoms. The van der Waals surface area contributed by atoms with E-state index in [1.165, 1.54) is 18.1 Å². The number of carbonyl (C=O) groups excluding carboxylic acids is 4. The number of nitrogens with one attached hydrogen (secondary N) is 1. The van der Waals surface area contributed by atoms with Crippen molar-refractivity contribution in [3.8, 4) is 5.75 Å². The number of rotatable bonds is 7. The Morgan fingerprint density at radius 2 is 1.78 bits per heavy atom. The van der Waals surface area contributed by atoms with Gasteiger partial charge in [-0.3, -0.25) is 24.1 Å². The van der Waals surface area contributed by atoms with E-state index in [4.69, 9.17) is 21.1 Å². The van der Waals surface area contributed by atoms with Crippen molar-refractivity contribution in [1.29, 1.82) is 0 Å². The first-order chi connectivity index (χ1) is 15.2. The van der Waals surface area contributed by atoms with Gasteiger partial charge in [0.15, 0.2) is 6.61 Å². The molecule has 1 aromatic carbocycles. The lowest BCUT2D eigenvalue weighted by Crippen LogP contribution is -2.37. The number of benzene rings is 1. The average molecular weight is 593 g/mol. The van der Waals surface area contributed by atoms with Crippen LogP contribution in [-0.4, -0.2) is 58.5 Å². The fourth-order valence-corrected chi connectivity index (χ4v) is 7.06. The van der Waals surface area contributed by atoms with Gasteiger partial charge in [0.1, 0.15) is 5.75 Å². The van der Waals surface area contributed by atoms with Crippen LogP contribution in [0.2, 0.25) is 5.02 Å². The number of alkyl halides is 2. The van der Waals surface area contributed by atoms with Crippen LogP contribution < -0.4 is 10.1 Å². The molecule has 1 aliphatic heterocycles. The van der Waals surface area contributed by atoms with Crippen LogP contribution in [0.25, 0.3) is 0 Å². The summed E-state index contributed by atoms with van der Waals surface area (Å²) in [6, 6.07) is 4.74. The maximum Gasteiger partial charge on any atom is 0.308 e. The maximum atomic E-state index is 12.8. The first kappa shape index (κ1) is 23.5. The molecule has 8 nitrogen and oxygen atoms in total. The summed E-state index contributed by atoms with van der Waals surface area (Å²) in [6.45, 7) is -0.561. The SMILES string of the molecule is COc1ccc(Cl)cc1NC(=O)COC(=O)CCN1C(=O)[C@@H]2[C@H]3C[C@@H]([C@@H](Br)[C@H]3Br)[C@H]2C1=O. The van der Waals surface area contributed by atoms with E-state index in [1.54, 1.807) is 12.1 Å². The molecule has 6 atom stereocenters. The van der Waals surface area contributed by atoms with Crippen molar-refractivity contribution in [2.75, 3.05) is 25.6 Å².